The number of nitrogens with zero attached hydrogens (tertiary/aromatic N) is 4. The smallest absolute Gasteiger partial charge is 0.255 e. The number of carbonyl (C=O) groups is 3. The summed E-state index contributed by atoms with van der Waals surface area (Å²) >= 11 is 0. The molecule has 1 aromatic carbocycles. The van der Waals surface area contributed by atoms with Gasteiger partial charge in [-0.25, -0.2) is 0 Å². The Balaban J connectivity index is 1.40. The number of anilines is 1. The molecule has 1 N–H and O–H groups in total. The minimum absolute atomic E-state index is 0.0207. The molecule has 3 atom stereocenters. The number of hydrogen-bond acceptors (Lipinski definition) is 5. The number of para-hydroxylation sites is 1. The summed E-state index contributed by atoms with van der Waals surface area (Å²) in [7, 11) is 0. The Morgan fingerprint density at radius 1 is 1.03 bits per heavy atom. The van der Waals surface area contributed by atoms with Crippen molar-refractivity contribution in [3.8, 4) is 0 Å². The molecule has 8 nitrogen and oxygen atoms in total. The van der Waals surface area contributed by atoms with Crippen LogP contribution in [0, 0.1) is 5.92 Å². The summed E-state index contributed by atoms with van der Waals surface area (Å²) in [5, 5.41) is 3.10. The first-order valence-corrected chi connectivity index (χ1v) is 12.3. The van der Waals surface area contributed by atoms with Crippen LogP contribution in [-0.2, 0) is 15.1 Å². The van der Waals surface area contributed by atoms with E-state index in [1.165, 1.54) is 0 Å². The summed E-state index contributed by atoms with van der Waals surface area (Å²) in [5.74, 6) is -0.578. The predicted octanol–water partition coefficient (Wildman–Crippen LogP) is 1.77. The van der Waals surface area contributed by atoms with Gasteiger partial charge in [0.1, 0.15) is 5.54 Å². The Morgan fingerprint density at radius 3 is 2.76 bits per heavy atom. The predicted molar refractivity (Wildman–Crippen MR) is 126 cm³/mol. The van der Waals surface area contributed by atoms with Crippen molar-refractivity contribution >= 4 is 23.4 Å². The van der Waals surface area contributed by atoms with Crippen molar-refractivity contribution in [2.45, 2.75) is 37.3 Å². The van der Waals surface area contributed by atoms with Gasteiger partial charge in [-0.15, -0.1) is 0 Å². The van der Waals surface area contributed by atoms with Crippen LogP contribution in [0.2, 0.25) is 0 Å². The van der Waals surface area contributed by atoms with Crippen LogP contribution in [-0.4, -0.2) is 71.3 Å². The van der Waals surface area contributed by atoms with Crippen molar-refractivity contribution < 1.29 is 14.4 Å². The van der Waals surface area contributed by atoms with Gasteiger partial charge in [-0.1, -0.05) is 18.2 Å². The van der Waals surface area contributed by atoms with Crippen LogP contribution in [0.5, 0.6) is 0 Å². The lowest BCUT2D eigenvalue weighted by Gasteiger charge is -2.38. The van der Waals surface area contributed by atoms with Gasteiger partial charge in [-0.2, -0.15) is 0 Å². The zero-order valence-corrected chi connectivity index (χ0v) is 19.2. The lowest BCUT2D eigenvalue weighted by Crippen LogP contribution is -2.57. The molecule has 8 heteroatoms. The highest BCUT2D eigenvalue weighted by atomic mass is 16.2. The number of pyridine rings is 1. The highest BCUT2D eigenvalue weighted by Crippen LogP contribution is 2.56. The summed E-state index contributed by atoms with van der Waals surface area (Å²) in [6, 6.07) is 11.7. The number of carbonyl (C=O) groups excluding carboxylic acids is 3. The topological polar surface area (TPSA) is 85.9 Å². The van der Waals surface area contributed by atoms with Gasteiger partial charge in [0.2, 0.25) is 5.91 Å². The van der Waals surface area contributed by atoms with E-state index in [4.69, 9.17) is 0 Å². The summed E-state index contributed by atoms with van der Waals surface area (Å²) in [6.07, 6.45) is 6.66. The van der Waals surface area contributed by atoms with Crippen molar-refractivity contribution in [1.82, 2.24) is 20.1 Å². The molecule has 4 aliphatic heterocycles. The normalized spacial score (nSPS) is 29.1. The molecule has 0 saturated carbocycles. The van der Waals surface area contributed by atoms with Crippen LogP contribution < -0.4 is 10.2 Å². The van der Waals surface area contributed by atoms with Crippen molar-refractivity contribution in [2.75, 3.05) is 37.6 Å². The molecule has 176 valence electrons. The van der Waals surface area contributed by atoms with Crippen molar-refractivity contribution in [3.63, 3.8) is 0 Å². The average molecular weight is 460 g/mol. The van der Waals surface area contributed by atoms with Crippen LogP contribution >= 0.6 is 0 Å². The highest BCUT2D eigenvalue weighted by Gasteiger charge is 2.67. The summed E-state index contributed by atoms with van der Waals surface area (Å²) in [4.78, 5) is 51.0. The largest absolute Gasteiger partial charge is 0.356 e. The first-order valence-electron chi connectivity index (χ1n) is 12.3. The summed E-state index contributed by atoms with van der Waals surface area (Å²) in [6.45, 7) is 2.63. The number of hydrogen-bond donors (Lipinski definition) is 1. The Bertz CT molecular complexity index is 1140. The van der Waals surface area contributed by atoms with Gasteiger partial charge in [0, 0.05) is 55.9 Å². The molecule has 1 aromatic heterocycles. The third-order valence-electron chi connectivity index (χ3n) is 8.03. The molecule has 2 bridgehead atoms. The summed E-state index contributed by atoms with van der Waals surface area (Å²) < 4.78 is 0. The van der Waals surface area contributed by atoms with Gasteiger partial charge in [0.15, 0.2) is 0 Å². The second-order valence-electron chi connectivity index (χ2n) is 9.70. The van der Waals surface area contributed by atoms with E-state index in [1.807, 2.05) is 29.2 Å². The lowest BCUT2D eigenvalue weighted by atomic mass is 9.78. The molecule has 2 aromatic rings. The monoisotopic (exact) mass is 459 g/mol. The fraction of sp³-hybridized carbons (Fsp3) is 0.462. The lowest BCUT2D eigenvalue weighted by molar-refractivity contribution is -0.139. The van der Waals surface area contributed by atoms with Gasteiger partial charge < -0.3 is 15.1 Å². The Morgan fingerprint density at radius 2 is 1.91 bits per heavy atom. The average Bonchev–Trinajstić information content (AvgIpc) is 3.52. The number of benzene rings is 1. The van der Waals surface area contributed by atoms with E-state index in [0.717, 1.165) is 30.6 Å². The molecule has 1 spiro atoms. The van der Waals surface area contributed by atoms with E-state index < -0.39 is 11.5 Å². The first-order chi connectivity index (χ1) is 16.6. The molecule has 0 radical (unpaired) electrons. The second kappa shape index (κ2) is 8.20. The van der Waals surface area contributed by atoms with Crippen molar-refractivity contribution in [3.05, 3.63) is 59.9 Å². The number of nitrogens with one attached hydrogen (secondary N) is 1. The maximum absolute atomic E-state index is 14.3. The zero-order valence-electron chi connectivity index (χ0n) is 19.2. The Labute approximate surface area is 198 Å². The van der Waals surface area contributed by atoms with Crippen LogP contribution in [0.15, 0.2) is 48.8 Å². The van der Waals surface area contributed by atoms with E-state index in [0.29, 0.717) is 44.6 Å². The van der Waals surface area contributed by atoms with Crippen LogP contribution in [0.1, 0.15) is 41.6 Å². The van der Waals surface area contributed by atoms with Crippen LogP contribution in [0.4, 0.5) is 5.69 Å². The fourth-order valence-electron chi connectivity index (χ4n) is 6.59. The molecule has 0 unspecified atom stereocenters. The molecule has 3 saturated heterocycles. The molecule has 6 rings (SSSR count). The van der Waals surface area contributed by atoms with Crippen molar-refractivity contribution in [1.29, 1.82) is 0 Å². The van der Waals surface area contributed by atoms with Crippen molar-refractivity contribution in [2.24, 2.45) is 5.92 Å². The fourth-order valence-corrected chi connectivity index (χ4v) is 6.59. The zero-order chi connectivity index (χ0) is 23.3. The highest BCUT2D eigenvalue weighted by molar-refractivity contribution is 6.11. The van der Waals surface area contributed by atoms with Crippen LogP contribution in [0.3, 0.4) is 0 Å². The SMILES string of the molecule is O=C1NCCCN(C(=O)c2cccnc2)CCN2C(=O)[C@@]3(c4ccccc42)[C@H]1C[C@@H]1CCCN13. The van der Waals surface area contributed by atoms with Gasteiger partial charge in [-0.05, 0) is 50.4 Å². The van der Waals surface area contributed by atoms with E-state index in [9.17, 15) is 14.4 Å². The minimum Gasteiger partial charge on any atom is -0.356 e. The van der Waals surface area contributed by atoms with E-state index in [2.05, 4.69) is 15.2 Å². The minimum atomic E-state index is -0.945. The van der Waals surface area contributed by atoms with E-state index in [-0.39, 0.29) is 23.8 Å². The number of rotatable bonds is 1. The molecule has 3 amide bonds. The van der Waals surface area contributed by atoms with Gasteiger partial charge in [0.05, 0.1) is 11.5 Å². The maximum Gasteiger partial charge on any atom is 0.255 e. The van der Waals surface area contributed by atoms with E-state index in [1.54, 1.807) is 29.4 Å². The molecular weight excluding hydrogens is 430 g/mol. The standard InChI is InChI=1S/C26H29N5O3/c32-23-21-16-19-7-4-13-31(19)26(21)20-8-1-2-9-22(20)30(25(26)34)15-14-29(12-5-11-28-23)24(33)18-6-3-10-27-17-18/h1-3,6,8-10,17,19,21H,4-5,7,11-16H2,(H,28,32)/t19-,21-,26+/m0/s1. The first kappa shape index (κ1) is 21.3. The Hall–Kier alpha value is -3.26. The molecule has 0 aliphatic carbocycles. The van der Waals surface area contributed by atoms with Crippen LogP contribution in [0.25, 0.3) is 0 Å². The molecule has 3 fully saturated rings. The molecule has 4 aliphatic rings. The van der Waals surface area contributed by atoms with E-state index >= 15 is 0 Å². The second-order valence-corrected chi connectivity index (χ2v) is 9.70. The quantitative estimate of drug-likeness (QED) is 0.703. The number of amides is 3. The number of fused-ring (bicyclic) bond motifs is 4. The molecular formula is C26H29N5O3. The van der Waals surface area contributed by atoms with Gasteiger partial charge in [0.25, 0.3) is 11.8 Å². The number of aromatic nitrogens is 1. The Kier molecular flexibility index (Phi) is 5.13. The van der Waals surface area contributed by atoms with Gasteiger partial charge in [-0.3, -0.25) is 24.3 Å². The van der Waals surface area contributed by atoms with Gasteiger partial charge >= 0.3 is 0 Å². The maximum atomic E-state index is 14.3. The third-order valence-corrected chi connectivity index (χ3v) is 8.03. The molecule has 34 heavy (non-hydrogen) atoms. The third kappa shape index (κ3) is 3.01. The summed E-state index contributed by atoms with van der Waals surface area (Å²) in [5.41, 5.74) is 1.39. The molecule has 5 heterocycles.